The van der Waals surface area contributed by atoms with E-state index in [4.69, 9.17) is 0 Å². The predicted molar refractivity (Wildman–Crippen MR) is 86.1 cm³/mol. The maximum Gasteiger partial charge on any atom is 0.336 e. The van der Waals surface area contributed by atoms with E-state index in [-0.39, 0.29) is 22.1 Å². The number of carboxylic acid groups (broad SMARTS) is 1. The first-order valence-corrected chi connectivity index (χ1v) is 8.73. The highest BCUT2D eigenvalue weighted by atomic mass is 32.2. The smallest absolute Gasteiger partial charge is 0.336 e. The highest BCUT2D eigenvalue weighted by Crippen LogP contribution is 2.34. The SMILES string of the molecule is Cc1ccc(S(=O)(=O)NC2Cc3ccccc32)c(C)c1C(=O)O. The van der Waals surface area contributed by atoms with E-state index in [1.807, 2.05) is 24.3 Å². The molecule has 1 aliphatic carbocycles. The number of aryl methyl sites for hydroxylation is 1. The molecule has 0 saturated heterocycles. The van der Waals surface area contributed by atoms with Crippen molar-refractivity contribution in [2.24, 2.45) is 0 Å². The van der Waals surface area contributed by atoms with Gasteiger partial charge in [0.1, 0.15) is 0 Å². The molecule has 6 heteroatoms. The second-order valence-corrected chi connectivity index (χ2v) is 7.44. The highest BCUT2D eigenvalue weighted by molar-refractivity contribution is 7.89. The van der Waals surface area contributed by atoms with Crippen molar-refractivity contribution in [3.63, 3.8) is 0 Å². The summed E-state index contributed by atoms with van der Waals surface area (Å²) in [6, 6.07) is 10.4. The molecule has 0 fully saturated rings. The fourth-order valence-corrected chi connectivity index (χ4v) is 4.53. The van der Waals surface area contributed by atoms with E-state index in [0.717, 1.165) is 11.1 Å². The number of aromatic carboxylic acids is 1. The van der Waals surface area contributed by atoms with Gasteiger partial charge in [0.05, 0.1) is 16.5 Å². The van der Waals surface area contributed by atoms with Gasteiger partial charge in [-0.2, -0.15) is 0 Å². The van der Waals surface area contributed by atoms with Gasteiger partial charge < -0.3 is 5.11 Å². The minimum absolute atomic E-state index is 0.0184. The Hall–Kier alpha value is -2.18. The van der Waals surface area contributed by atoms with E-state index < -0.39 is 16.0 Å². The second kappa shape index (κ2) is 5.47. The van der Waals surface area contributed by atoms with Crippen LogP contribution in [0.1, 0.15) is 38.7 Å². The maximum absolute atomic E-state index is 12.6. The lowest BCUT2D eigenvalue weighted by atomic mass is 9.84. The summed E-state index contributed by atoms with van der Waals surface area (Å²) in [5.74, 6) is -1.12. The van der Waals surface area contributed by atoms with E-state index in [1.54, 1.807) is 6.92 Å². The summed E-state index contributed by atoms with van der Waals surface area (Å²) in [7, 11) is -3.78. The third-order valence-corrected chi connectivity index (χ3v) is 5.90. The van der Waals surface area contributed by atoms with E-state index in [2.05, 4.69) is 4.72 Å². The van der Waals surface area contributed by atoms with Gasteiger partial charge in [-0.05, 0) is 48.6 Å². The first-order valence-electron chi connectivity index (χ1n) is 7.25. The fraction of sp³-hybridized carbons (Fsp3) is 0.235. The molecule has 0 aromatic heterocycles. The van der Waals surface area contributed by atoms with Crippen LogP contribution in [0.5, 0.6) is 0 Å². The minimum atomic E-state index is -3.78. The Balaban J connectivity index is 1.96. The number of fused-ring (bicyclic) bond motifs is 1. The molecule has 0 saturated carbocycles. The minimum Gasteiger partial charge on any atom is -0.478 e. The van der Waals surface area contributed by atoms with Crippen molar-refractivity contribution in [2.75, 3.05) is 0 Å². The molecular weight excluding hydrogens is 314 g/mol. The van der Waals surface area contributed by atoms with Gasteiger partial charge in [-0.3, -0.25) is 0 Å². The van der Waals surface area contributed by atoms with Crippen LogP contribution in [-0.2, 0) is 16.4 Å². The molecule has 1 aliphatic rings. The molecule has 0 bridgehead atoms. The van der Waals surface area contributed by atoms with E-state index in [1.165, 1.54) is 19.1 Å². The van der Waals surface area contributed by atoms with Crippen molar-refractivity contribution in [3.05, 3.63) is 64.2 Å². The Labute approximate surface area is 135 Å². The van der Waals surface area contributed by atoms with Crippen molar-refractivity contribution in [1.29, 1.82) is 0 Å². The Morgan fingerprint density at radius 3 is 2.52 bits per heavy atom. The van der Waals surface area contributed by atoms with Crippen LogP contribution in [0.25, 0.3) is 0 Å². The number of benzene rings is 2. The molecule has 5 nitrogen and oxygen atoms in total. The zero-order valence-corrected chi connectivity index (χ0v) is 13.6. The molecule has 3 rings (SSSR count). The van der Waals surface area contributed by atoms with Crippen LogP contribution in [0.2, 0.25) is 0 Å². The lowest BCUT2D eigenvalue weighted by molar-refractivity contribution is 0.0695. The molecule has 0 heterocycles. The van der Waals surface area contributed by atoms with Crippen LogP contribution in [-0.4, -0.2) is 19.5 Å². The lowest BCUT2D eigenvalue weighted by Crippen LogP contribution is -2.36. The van der Waals surface area contributed by atoms with Crippen molar-refractivity contribution in [1.82, 2.24) is 4.72 Å². The van der Waals surface area contributed by atoms with Crippen LogP contribution in [0, 0.1) is 13.8 Å². The number of carboxylic acids is 1. The number of hydrogen-bond acceptors (Lipinski definition) is 3. The summed E-state index contributed by atoms with van der Waals surface area (Å²) in [5.41, 5.74) is 2.95. The maximum atomic E-state index is 12.6. The van der Waals surface area contributed by atoms with Crippen LogP contribution in [0.4, 0.5) is 0 Å². The number of hydrogen-bond donors (Lipinski definition) is 2. The highest BCUT2D eigenvalue weighted by Gasteiger charge is 2.31. The Bertz CT molecular complexity index is 903. The number of sulfonamides is 1. The molecular formula is C17H17NO4S. The average molecular weight is 331 g/mol. The summed E-state index contributed by atoms with van der Waals surface area (Å²) in [6.45, 7) is 3.18. The molecule has 2 N–H and O–H groups in total. The van der Waals surface area contributed by atoms with Crippen molar-refractivity contribution >= 4 is 16.0 Å². The van der Waals surface area contributed by atoms with Gasteiger partial charge in [-0.1, -0.05) is 30.3 Å². The summed E-state index contributed by atoms with van der Waals surface area (Å²) < 4.78 is 28.0. The molecule has 1 unspecified atom stereocenters. The van der Waals surface area contributed by atoms with Crippen molar-refractivity contribution < 1.29 is 18.3 Å². The van der Waals surface area contributed by atoms with Gasteiger partial charge in [0.15, 0.2) is 0 Å². The topological polar surface area (TPSA) is 83.5 Å². The second-order valence-electron chi connectivity index (χ2n) is 5.76. The largest absolute Gasteiger partial charge is 0.478 e. The quantitative estimate of drug-likeness (QED) is 0.902. The van der Waals surface area contributed by atoms with Crippen LogP contribution < -0.4 is 4.72 Å². The molecule has 23 heavy (non-hydrogen) atoms. The van der Waals surface area contributed by atoms with Gasteiger partial charge >= 0.3 is 5.97 Å². The average Bonchev–Trinajstić information content (AvgIpc) is 2.44. The lowest BCUT2D eigenvalue weighted by Gasteiger charge is -2.30. The molecule has 2 aromatic rings. The normalized spacial score (nSPS) is 16.5. The monoisotopic (exact) mass is 331 g/mol. The standard InChI is InChI=1S/C17H17NO4S/c1-10-7-8-15(11(2)16(10)17(19)20)23(21,22)18-14-9-12-5-3-4-6-13(12)14/h3-8,14,18H,9H2,1-2H3,(H,19,20). The Kier molecular flexibility index (Phi) is 3.74. The summed E-state index contributed by atoms with van der Waals surface area (Å²) in [6.07, 6.45) is 0.645. The number of rotatable bonds is 4. The summed E-state index contributed by atoms with van der Waals surface area (Å²) in [4.78, 5) is 11.4. The first kappa shape index (κ1) is 15.7. The molecule has 0 radical (unpaired) electrons. The van der Waals surface area contributed by atoms with E-state index in [0.29, 0.717) is 12.0 Å². The zero-order chi connectivity index (χ0) is 16.8. The van der Waals surface area contributed by atoms with Gasteiger partial charge in [-0.15, -0.1) is 0 Å². The molecule has 2 aromatic carbocycles. The molecule has 0 amide bonds. The van der Waals surface area contributed by atoms with Crippen LogP contribution in [0.3, 0.4) is 0 Å². The molecule has 0 aliphatic heterocycles. The molecule has 1 atom stereocenters. The fourth-order valence-electron chi connectivity index (χ4n) is 3.06. The van der Waals surface area contributed by atoms with Gasteiger partial charge in [0.25, 0.3) is 0 Å². The summed E-state index contributed by atoms with van der Waals surface area (Å²) >= 11 is 0. The number of nitrogens with one attached hydrogen (secondary N) is 1. The third kappa shape index (κ3) is 2.64. The third-order valence-electron chi connectivity index (χ3n) is 4.28. The molecule has 120 valence electrons. The van der Waals surface area contributed by atoms with E-state index in [9.17, 15) is 18.3 Å². The van der Waals surface area contributed by atoms with Crippen LogP contribution >= 0.6 is 0 Å². The van der Waals surface area contributed by atoms with Crippen molar-refractivity contribution in [2.45, 2.75) is 31.2 Å². The first-order chi connectivity index (χ1) is 10.8. The van der Waals surface area contributed by atoms with Crippen molar-refractivity contribution in [3.8, 4) is 0 Å². The molecule has 0 spiro atoms. The Morgan fingerprint density at radius 1 is 1.17 bits per heavy atom. The zero-order valence-electron chi connectivity index (χ0n) is 12.8. The van der Waals surface area contributed by atoms with Gasteiger partial charge in [0, 0.05) is 0 Å². The number of carbonyl (C=O) groups is 1. The predicted octanol–water partition coefficient (Wildman–Crippen LogP) is 2.58. The van der Waals surface area contributed by atoms with Crippen LogP contribution in [0.15, 0.2) is 41.3 Å². The summed E-state index contributed by atoms with van der Waals surface area (Å²) in [5, 5.41) is 9.29. The van der Waals surface area contributed by atoms with Gasteiger partial charge in [-0.25, -0.2) is 17.9 Å². The van der Waals surface area contributed by atoms with Gasteiger partial charge in [0.2, 0.25) is 10.0 Å². The Morgan fingerprint density at radius 2 is 1.87 bits per heavy atom. The van der Waals surface area contributed by atoms with E-state index >= 15 is 0 Å².